The Kier molecular flexibility index (Phi) is 3.52. The number of fused-ring (bicyclic) bond motifs is 1. The average molecular weight is 288 g/mol. The molecule has 0 fully saturated rings. The van der Waals surface area contributed by atoms with Crippen LogP contribution in [0.3, 0.4) is 0 Å². The lowest BCUT2D eigenvalue weighted by atomic mass is 9.76. The van der Waals surface area contributed by atoms with Crippen molar-refractivity contribution in [2.45, 2.75) is 31.7 Å². The Morgan fingerprint density at radius 1 is 1.40 bits per heavy atom. The maximum absolute atomic E-state index is 5.41. The molecule has 0 radical (unpaired) electrons. The molecule has 20 heavy (non-hydrogen) atoms. The Bertz CT molecular complexity index is 623. The molecule has 3 rings (SSSR count). The number of methoxy groups -OCH3 is 1. The summed E-state index contributed by atoms with van der Waals surface area (Å²) in [6.45, 7) is 2.05. The molecule has 1 aromatic heterocycles. The fourth-order valence-corrected chi connectivity index (χ4v) is 4.16. The maximum Gasteiger partial charge on any atom is 0.119 e. The molecule has 1 aliphatic rings. The highest BCUT2D eigenvalue weighted by molar-refractivity contribution is 7.09. The lowest BCUT2D eigenvalue weighted by Gasteiger charge is -2.37. The number of hydrogen-bond donors (Lipinski definition) is 1. The van der Waals surface area contributed by atoms with Gasteiger partial charge in [0.05, 0.1) is 12.6 Å². The van der Waals surface area contributed by atoms with Gasteiger partial charge in [-0.15, -0.1) is 11.3 Å². The summed E-state index contributed by atoms with van der Waals surface area (Å²) in [7, 11) is 3.75. The molecule has 3 nitrogen and oxygen atoms in total. The van der Waals surface area contributed by atoms with Crippen molar-refractivity contribution >= 4 is 11.3 Å². The van der Waals surface area contributed by atoms with Gasteiger partial charge in [0.2, 0.25) is 0 Å². The van der Waals surface area contributed by atoms with Crippen LogP contribution in [0.15, 0.2) is 23.6 Å². The van der Waals surface area contributed by atoms with Gasteiger partial charge < -0.3 is 10.1 Å². The van der Waals surface area contributed by atoms with Crippen LogP contribution >= 0.6 is 11.3 Å². The second-order valence-corrected chi connectivity index (χ2v) is 6.18. The lowest BCUT2D eigenvalue weighted by molar-refractivity contribution is 0.362. The number of hydrogen-bond acceptors (Lipinski definition) is 4. The summed E-state index contributed by atoms with van der Waals surface area (Å²) >= 11 is 1.74. The normalized spacial score (nSPS) is 21.6. The number of rotatable bonds is 3. The largest absolute Gasteiger partial charge is 0.497 e. The molecule has 0 bridgehead atoms. The third kappa shape index (κ3) is 2.03. The van der Waals surface area contributed by atoms with Crippen molar-refractivity contribution in [3.05, 3.63) is 45.4 Å². The summed E-state index contributed by atoms with van der Waals surface area (Å²) in [4.78, 5) is 4.75. The molecule has 4 heteroatoms. The zero-order valence-corrected chi connectivity index (χ0v) is 13.0. The van der Waals surface area contributed by atoms with Crippen molar-refractivity contribution in [3.8, 4) is 5.75 Å². The van der Waals surface area contributed by atoms with Crippen molar-refractivity contribution in [2.24, 2.45) is 0 Å². The Hall–Kier alpha value is -1.39. The van der Waals surface area contributed by atoms with Crippen LogP contribution in [-0.2, 0) is 12.0 Å². The zero-order valence-electron chi connectivity index (χ0n) is 12.2. The van der Waals surface area contributed by atoms with Crippen molar-refractivity contribution in [2.75, 3.05) is 14.2 Å². The molecule has 1 heterocycles. The molecule has 0 saturated carbocycles. The average Bonchev–Trinajstić information content (AvgIpc) is 2.93. The Morgan fingerprint density at radius 3 is 2.90 bits per heavy atom. The molecule has 0 aliphatic heterocycles. The van der Waals surface area contributed by atoms with E-state index >= 15 is 0 Å². The van der Waals surface area contributed by atoms with Crippen molar-refractivity contribution in [1.29, 1.82) is 0 Å². The predicted molar refractivity (Wildman–Crippen MR) is 82.6 cm³/mol. The van der Waals surface area contributed by atoms with E-state index in [9.17, 15) is 0 Å². The highest BCUT2D eigenvalue weighted by atomic mass is 32.1. The molecule has 0 amide bonds. The third-order valence-corrected chi connectivity index (χ3v) is 5.31. The molecule has 106 valence electrons. The SMILES string of the molecule is CNC1(c2nc(C)cs2)CCCc2ccc(OC)cc21. The van der Waals surface area contributed by atoms with Gasteiger partial charge in [0.1, 0.15) is 10.8 Å². The molecule has 1 aromatic carbocycles. The molecular formula is C16H20N2OS. The molecular weight excluding hydrogens is 268 g/mol. The van der Waals surface area contributed by atoms with Gasteiger partial charge in [-0.05, 0) is 56.5 Å². The standard InChI is InChI=1S/C16H20N2OS/c1-11-10-20-15(18-11)16(17-2)8-4-5-12-6-7-13(19-3)9-14(12)16/h6-7,9-10,17H,4-5,8H2,1-3H3. The van der Waals surface area contributed by atoms with Crippen LogP contribution in [0.2, 0.25) is 0 Å². The van der Waals surface area contributed by atoms with Crippen LogP contribution in [0.25, 0.3) is 0 Å². The quantitative estimate of drug-likeness (QED) is 0.941. The Morgan fingerprint density at radius 2 is 2.25 bits per heavy atom. The first-order valence-corrected chi connectivity index (χ1v) is 7.86. The van der Waals surface area contributed by atoms with Crippen LogP contribution in [0.4, 0.5) is 0 Å². The first-order chi connectivity index (χ1) is 9.69. The van der Waals surface area contributed by atoms with Crippen molar-refractivity contribution in [3.63, 3.8) is 0 Å². The fourth-order valence-electron chi connectivity index (χ4n) is 3.12. The summed E-state index contributed by atoms with van der Waals surface area (Å²) < 4.78 is 5.41. The van der Waals surface area contributed by atoms with Crippen LogP contribution in [-0.4, -0.2) is 19.1 Å². The number of ether oxygens (including phenoxy) is 1. The maximum atomic E-state index is 5.41. The molecule has 1 N–H and O–H groups in total. The molecule has 0 spiro atoms. The summed E-state index contributed by atoms with van der Waals surface area (Å²) in [5.41, 5.74) is 3.65. The van der Waals surface area contributed by atoms with Gasteiger partial charge in [0, 0.05) is 11.1 Å². The molecule has 1 aliphatic carbocycles. The third-order valence-electron chi connectivity index (χ3n) is 4.19. The molecule has 2 aromatic rings. The second kappa shape index (κ2) is 5.19. The minimum Gasteiger partial charge on any atom is -0.497 e. The van der Waals surface area contributed by atoms with E-state index in [1.54, 1.807) is 18.4 Å². The van der Waals surface area contributed by atoms with Crippen LogP contribution in [0.1, 0.15) is 34.7 Å². The van der Waals surface area contributed by atoms with E-state index in [0.29, 0.717) is 0 Å². The van der Waals surface area contributed by atoms with Crippen molar-refractivity contribution < 1.29 is 4.74 Å². The first-order valence-electron chi connectivity index (χ1n) is 6.98. The van der Waals surface area contributed by atoms with E-state index in [2.05, 4.69) is 35.8 Å². The number of thiazole rings is 1. The smallest absolute Gasteiger partial charge is 0.119 e. The Balaban J connectivity index is 2.19. The lowest BCUT2D eigenvalue weighted by Crippen LogP contribution is -2.43. The highest BCUT2D eigenvalue weighted by Gasteiger charge is 2.39. The summed E-state index contributed by atoms with van der Waals surface area (Å²) in [5, 5.41) is 6.83. The van der Waals surface area contributed by atoms with Gasteiger partial charge in [-0.25, -0.2) is 4.98 Å². The van der Waals surface area contributed by atoms with E-state index in [0.717, 1.165) is 29.3 Å². The Labute approximate surface area is 124 Å². The number of aromatic nitrogens is 1. The summed E-state index contributed by atoms with van der Waals surface area (Å²) in [6.07, 6.45) is 3.39. The minimum absolute atomic E-state index is 0.166. The summed E-state index contributed by atoms with van der Waals surface area (Å²) in [6, 6.07) is 6.42. The van der Waals surface area contributed by atoms with Crippen LogP contribution < -0.4 is 10.1 Å². The predicted octanol–water partition coefficient (Wildman–Crippen LogP) is 3.26. The first kappa shape index (κ1) is 13.6. The van der Waals surface area contributed by atoms with E-state index in [1.807, 2.05) is 7.05 Å². The monoisotopic (exact) mass is 288 g/mol. The van der Waals surface area contributed by atoms with Gasteiger partial charge in [0.25, 0.3) is 0 Å². The van der Waals surface area contributed by atoms with Gasteiger partial charge in [-0.1, -0.05) is 6.07 Å². The van der Waals surface area contributed by atoms with E-state index in [4.69, 9.17) is 9.72 Å². The van der Waals surface area contributed by atoms with E-state index < -0.39 is 0 Å². The number of nitrogens with zero attached hydrogens (tertiary/aromatic N) is 1. The summed E-state index contributed by atoms with van der Waals surface area (Å²) in [5.74, 6) is 0.915. The van der Waals surface area contributed by atoms with Gasteiger partial charge >= 0.3 is 0 Å². The van der Waals surface area contributed by atoms with Gasteiger partial charge in [-0.2, -0.15) is 0 Å². The van der Waals surface area contributed by atoms with Gasteiger partial charge in [0.15, 0.2) is 0 Å². The van der Waals surface area contributed by atoms with E-state index in [-0.39, 0.29) is 5.54 Å². The fraction of sp³-hybridized carbons (Fsp3) is 0.438. The second-order valence-electron chi connectivity index (χ2n) is 5.33. The minimum atomic E-state index is -0.166. The topological polar surface area (TPSA) is 34.2 Å². The highest BCUT2D eigenvalue weighted by Crippen LogP contribution is 2.42. The van der Waals surface area contributed by atoms with Crippen LogP contribution in [0.5, 0.6) is 5.75 Å². The van der Waals surface area contributed by atoms with Crippen molar-refractivity contribution in [1.82, 2.24) is 10.3 Å². The molecule has 0 saturated heterocycles. The van der Waals surface area contributed by atoms with Gasteiger partial charge in [-0.3, -0.25) is 0 Å². The molecule has 1 atom stereocenters. The number of benzene rings is 1. The number of nitrogens with one attached hydrogen (secondary N) is 1. The zero-order chi connectivity index (χ0) is 14.2. The van der Waals surface area contributed by atoms with Crippen LogP contribution in [0, 0.1) is 6.92 Å². The van der Waals surface area contributed by atoms with E-state index in [1.165, 1.54) is 17.5 Å². The number of aryl methyl sites for hydroxylation is 2. The molecule has 1 unspecified atom stereocenters.